The van der Waals surface area contributed by atoms with E-state index in [4.69, 9.17) is 23.2 Å². The average Bonchev–Trinajstić information content (AvgIpc) is 2.92. The van der Waals surface area contributed by atoms with Crippen molar-refractivity contribution in [1.29, 1.82) is 0 Å². The van der Waals surface area contributed by atoms with Gasteiger partial charge < -0.3 is 9.80 Å². The van der Waals surface area contributed by atoms with E-state index in [1.165, 1.54) is 11.1 Å². The van der Waals surface area contributed by atoms with Crippen molar-refractivity contribution in [3.05, 3.63) is 93.5 Å². The normalized spacial score (nSPS) is 17.0. The van der Waals surface area contributed by atoms with Crippen molar-refractivity contribution in [1.82, 2.24) is 9.80 Å². The standard InChI is InChI=1S/C29H32Cl2N4O3S/c1-39(37,38)32-26-8-4-5-9-27(26)33-14-16-34(17-15-33)29(36)28(19-21-10-11-24(30)25(31)18-21)35-13-12-22-6-2-3-7-23(22)20-35/h2-11,18,28,32H,12-17,19-20H2,1H3/t28-/m1/s1. The molecule has 1 N–H and O–H groups in total. The van der Waals surface area contributed by atoms with Crippen molar-refractivity contribution in [2.45, 2.75) is 25.4 Å². The zero-order chi connectivity index (χ0) is 27.6. The lowest BCUT2D eigenvalue weighted by molar-refractivity contribution is -0.137. The van der Waals surface area contributed by atoms with Gasteiger partial charge in [0.05, 0.1) is 33.7 Å². The molecule has 0 unspecified atom stereocenters. The number of rotatable bonds is 7. The number of nitrogens with one attached hydrogen (secondary N) is 1. The highest BCUT2D eigenvalue weighted by Gasteiger charge is 2.34. The molecule has 5 rings (SSSR count). The third-order valence-electron chi connectivity index (χ3n) is 7.43. The molecule has 3 aromatic rings. The number of fused-ring (bicyclic) bond motifs is 1. The number of sulfonamides is 1. The zero-order valence-corrected chi connectivity index (χ0v) is 24.1. The Balaban J connectivity index is 1.34. The third-order valence-corrected chi connectivity index (χ3v) is 8.76. The molecule has 2 heterocycles. The molecule has 1 amide bonds. The number of anilines is 2. The molecule has 10 heteroatoms. The minimum absolute atomic E-state index is 0.0997. The molecular formula is C29H32Cl2N4O3S. The van der Waals surface area contributed by atoms with Crippen LogP contribution in [0, 0.1) is 0 Å². The first-order valence-electron chi connectivity index (χ1n) is 13.0. The molecule has 2 aliphatic heterocycles. The van der Waals surface area contributed by atoms with Gasteiger partial charge in [0.25, 0.3) is 0 Å². The van der Waals surface area contributed by atoms with Crippen LogP contribution in [0.5, 0.6) is 0 Å². The van der Waals surface area contributed by atoms with Gasteiger partial charge in [0.2, 0.25) is 15.9 Å². The van der Waals surface area contributed by atoms with Crippen LogP contribution in [0.4, 0.5) is 11.4 Å². The molecule has 0 radical (unpaired) electrons. The molecule has 3 aromatic carbocycles. The van der Waals surface area contributed by atoms with Crippen LogP contribution >= 0.6 is 23.2 Å². The molecule has 206 valence electrons. The van der Waals surface area contributed by atoms with Gasteiger partial charge in [-0.15, -0.1) is 0 Å². The Morgan fingerprint density at radius 1 is 0.897 bits per heavy atom. The first-order valence-corrected chi connectivity index (χ1v) is 15.7. The monoisotopic (exact) mass is 586 g/mol. The summed E-state index contributed by atoms with van der Waals surface area (Å²) in [5.41, 5.74) is 4.93. The first kappa shape index (κ1) is 27.8. The quantitative estimate of drug-likeness (QED) is 0.435. The van der Waals surface area contributed by atoms with E-state index in [9.17, 15) is 13.2 Å². The van der Waals surface area contributed by atoms with E-state index in [1.54, 1.807) is 18.2 Å². The van der Waals surface area contributed by atoms with Crippen LogP contribution in [0.3, 0.4) is 0 Å². The fourth-order valence-electron chi connectivity index (χ4n) is 5.46. The number of piperazine rings is 1. The third kappa shape index (κ3) is 6.69. The van der Waals surface area contributed by atoms with Gasteiger partial charge in [-0.25, -0.2) is 8.42 Å². The van der Waals surface area contributed by atoms with Crippen LogP contribution in [-0.4, -0.2) is 69.1 Å². The van der Waals surface area contributed by atoms with E-state index in [0.29, 0.717) is 48.3 Å². The minimum atomic E-state index is -3.41. The topological polar surface area (TPSA) is 73.0 Å². The molecule has 1 atom stereocenters. The number of nitrogens with zero attached hydrogens (tertiary/aromatic N) is 3. The summed E-state index contributed by atoms with van der Waals surface area (Å²) in [7, 11) is -3.41. The highest BCUT2D eigenvalue weighted by Crippen LogP contribution is 2.29. The summed E-state index contributed by atoms with van der Waals surface area (Å²) in [6, 6.07) is 21.0. The Bertz CT molecular complexity index is 1460. The van der Waals surface area contributed by atoms with Gasteiger partial charge in [-0.3, -0.25) is 14.4 Å². The molecule has 39 heavy (non-hydrogen) atoms. The fourth-order valence-corrected chi connectivity index (χ4v) is 6.35. The fraction of sp³-hybridized carbons (Fsp3) is 0.345. The summed E-state index contributed by atoms with van der Waals surface area (Å²) in [6.07, 6.45) is 2.59. The van der Waals surface area contributed by atoms with Crippen LogP contribution < -0.4 is 9.62 Å². The van der Waals surface area contributed by atoms with E-state index in [2.05, 4.69) is 32.7 Å². The number of halogens is 2. The van der Waals surface area contributed by atoms with Crippen molar-refractivity contribution < 1.29 is 13.2 Å². The van der Waals surface area contributed by atoms with E-state index in [1.807, 2.05) is 35.2 Å². The van der Waals surface area contributed by atoms with Crippen molar-refractivity contribution >= 4 is 50.5 Å². The molecule has 0 aromatic heterocycles. The predicted molar refractivity (Wildman–Crippen MR) is 158 cm³/mol. The Kier molecular flexibility index (Phi) is 8.38. The summed E-state index contributed by atoms with van der Waals surface area (Å²) in [4.78, 5) is 20.4. The average molecular weight is 588 g/mol. The summed E-state index contributed by atoms with van der Waals surface area (Å²) in [5, 5.41) is 0.983. The van der Waals surface area contributed by atoms with Gasteiger partial charge >= 0.3 is 0 Å². The zero-order valence-electron chi connectivity index (χ0n) is 21.8. The highest BCUT2D eigenvalue weighted by molar-refractivity contribution is 7.92. The Hall–Kier alpha value is -2.78. The number of benzene rings is 3. The van der Waals surface area contributed by atoms with Gasteiger partial charge in [-0.05, 0) is 53.8 Å². The van der Waals surface area contributed by atoms with Gasteiger partial charge in [0.15, 0.2) is 0 Å². The number of hydrogen-bond acceptors (Lipinski definition) is 5. The maximum atomic E-state index is 14.1. The Morgan fingerprint density at radius 3 is 2.31 bits per heavy atom. The number of para-hydroxylation sites is 2. The first-order chi connectivity index (χ1) is 18.7. The Labute approximate surface area is 240 Å². The van der Waals surface area contributed by atoms with Gasteiger partial charge in [-0.2, -0.15) is 0 Å². The Morgan fingerprint density at radius 2 is 1.59 bits per heavy atom. The van der Waals surface area contributed by atoms with Crippen molar-refractivity contribution in [3.8, 4) is 0 Å². The van der Waals surface area contributed by atoms with Crippen LogP contribution in [-0.2, 0) is 34.2 Å². The molecule has 0 spiro atoms. The lowest BCUT2D eigenvalue weighted by atomic mass is 9.95. The van der Waals surface area contributed by atoms with Crippen LogP contribution in [0.25, 0.3) is 0 Å². The lowest BCUT2D eigenvalue weighted by Gasteiger charge is -2.41. The largest absolute Gasteiger partial charge is 0.366 e. The van der Waals surface area contributed by atoms with Crippen LogP contribution in [0.1, 0.15) is 16.7 Å². The molecule has 1 fully saturated rings. The smallest absolute Gasteiger partial charge is 0.240 e. The second-order valence-corrected chi connectivity index (χ2v) is 12.7. The number of carbonyl (C=O) groups excluding carboxylic acids is 1. The maximum absolute atomic E-state index is 14.1. The van der Waals surface area contributed by atoms with E-state index in [-0.39, 0.29) is 11.9 Å². The molecule has 2 aliphatic rings. The van der Waals surface area contributed by atoms with Crippen LogP contribution in [0.15, 0.2) is 66.7 Å². The second-order valence-electron chi connectivity index (χ2n) is 10.2. The van der Waals surface area contributed by atoms with Gasteiger partial charge in [0.1, 0.15) is 0 Å². The molecule has 0 bridgehead atoms. The minimum Gasteiger partial charge on any atom is -0.366 e. The summed E-state index contributed by atoms with van der Waals surface area (Å²) < 4.78 is 26.3. The predicted octanol–water partition coefficient (Wildman–Crippen LogP) is 4.68. The van der Waals surface area contributed by atoms with E-state index >= 15 is 0 Å². The summed E-state index contributed by atoms with van der Waals surface area (Å²) in [6.45, 7) is 3.84. The van der Waals surface area contributed by atoms with Crippen molar-refractivity contribution in [2.75, 3.05) is 48.6 Å². The van der Waals surface area contributed by atoms with Crippen molar-refractivity contribution in [3.63, 3.8) is 0 Å². The molecule has 7 nitrogen and oxygen atoms in total. The molecule has 0 saturated carbocycles. The van der Waals surface area contributed by atoms with Gasteiger partial charge in [0, 0.05) is 39.3 Å². The maximum Gasteiger partial charge on any atom is 0.240 e. The lowest BCUT2D eigenvalue weighted by Crippen LogP contribution is -2.56. The highest BCUT2D eigenvalue weighted by atomic mass is 35.5. The molecular weight excluding hydrogens is 555 g/mol. The molecule has 1 saturated heterocycles. The van der Waals surface area contributed by atoms with E-state index < -0.39 is 10.0 Å². The van der Waals surface area contributed by atoms with Crippen LogP contribution in [0.2, 0.25) is 10.0 Å². The number of hydrogen-bond donors (Lipinski definition) is 1. The second kappa shape index (κ2) is 11.8. The summed E-state index contributed by atoms with van der Waals surface area (Å²) >= 11 is 12.5. The number of carbonyl (C=O) groups is 1. The summed E-state index contributed by atoms with van der Waals surface area (Å²) in [5.74, 6) is 0.0997. The molecule has 0 aliphatic carbocycles. The SMILES string of the molecule is CS(=O)(=O)Nc1ccccc1N1CCN(C(=O)[C@@H](Cc2ccc(Cl)c(Cl)c2)N2CCc3ccccc3C2)CC1. The van der Waals surface area contributed by atoms with E-state index in [0.717, 1.165) is 37.0 Å². The van der Waals surface area contributed by atoms with Gasteiger partial charge in [-0.1, -0.05) is 65.7 Å². The number of amides is 1. The van der Waals surface area contributed by atoms with Crippen molar-refractivity contribution in [2.24, 2.45) is 0 Å².